The van der Waals surface area contributed by atoms with Crippen LogP contribution in [0.15, 0.2) is 121 Å². The Kier molecular flexibility index (Phi) is 25.3. The van der Waals surface area contributed by atoms with Crippen LogP contribution in [0.1, 0.15) is 107 Å². The van der Waals surface area contributed by atoms with Gasteiger partial charge >= 0.3 is 5.97 Å². The van der Waals surface area contributed by atoms with Crippen molar-refractivity contribution in [2.24, 2.45) is 0 Å². The first-order valence-corrected chi connectivity index (χ1v) is 20.8. The molecule has 2 rings (SSSR count). The lowest BCUT2D eigenvalue weighted by Crippen LogP contribution is -2.52. The largest absolute Gasteiger partial charge is 0.478 e. The predicted molar refractivity (Wildman–Crippen MR) is 237 cm³/mol. The number of carbonyl (C=O) groups is 4. The molecule has 3 N–H and O–H groups in total. The summed E-state index contributed by atoms with van der Waals surface area (Å²) in [4.78, 5) is 50.4. The van der Waals surface area contributed by atoms with Crippen molar-refractivity contribution in [2.75, 3.05) is 20.2 Å². The Morgan fingerprint density at radius 3 is 1.81 bits per heavy atom. The molecule has 2 aromatic carbocycles. The summed E-state index contributed by atoms with van der Waals surface area (Å²) in [6.07, 6.45) is 34.9. The van der Waals surface area contributed by atoms with Crippen LogP contribution in [0.25, 0.3) is 0 Å². The van der Waals surface area contributed by atoms with Gasteiger partial charge in [0.2, 0.25) is 5.91 Å². The van der Waals surface area contributed by atoms with Crippen molar-refractivity contribution < 1.29 is 28.7 Å². The third kappa shape index (κ3) is 22.6. The lowest BCUT2D eigenvalue weighted by molar-refractivity contribution is -0.147. The minimum absolute atomic E-state index is 0.0230. The second-order valence-corrected chi connectivity index (χ2v) is 14.6. The van der Waals surface area contributed by atoms with Gasteiger partial charge in [0.05, 0.1) is 7.11 Å². The maximum atomic E-state index is 13.2. The zero-order valence-corrected chi connectivity index (χ0v) is 35.6. The number of halogens is 1. The Balaban J connectivity index is 1.60. The lowest BCUT2D eigenvalue weighted by Gasteiger charge is -2.27. The second-order valence-electron chi connectivity index (χ2n) is 14.1. The highest BCUT2D eigenvalue weighted by molar-refractivity contribution is 6.30. The number of unbranched alkanes of at least 4 members (excludes halogenated alkanes) is 1. The Labute approximate surface area is 351 Å². The topological polar surface area (TPSA) is 123 Å². The molecule has 0 aliphatic carbocycles. The second kappa shape index (κ2) is 30.0. The van der Waals surface area contributed by atoms with Crippen LogP contribution < -0.4 is 20.7 Å². The van der Waals surface area contributed by atoms with E-state index >= 15 is 0 Å². The number of hydrogen-bond donors (Lipinski definition) is 3. The molecule has 0 radical (unpaired) electrons. The van der Waals surface area contributed by atoms with Crippen LogP contribution >= 0.6 is 11.6 Å². The normalized spacial score (nSPS) is 12.6. The van der Waals surface area contributed by atoms with Crippen molar-refractivity contribution in [1.29, 1.82) is 0 Å². The Morgan fingerprint density at radius 1 is 0.707 bits per heavy atom. The standard InChI is InChI=1S/C48H64ClN3O6/c1-5-6-7-8-9-10-11-12-13-14-15-16-17-18-19-20-21-22-23-27-44(53)50-37-25-24-26-43(46(55)57-4)52-47(56)48(2,3)58-42-34-28-39(29-35-42)36-38-51-45(54)40-30-32-41(49)33-31-40/h6-7,9-10,12-13,15-16,18-19,21-22,28-35,43H,5,8,11,14,17,20,23-27,36-38H2,1-4H3,(H,50,53)(H,51,54)(H,52,56)/b7-6-,10-9-,13-12-,16-15-,19-18-,22-21-. The highest BCUT2D eigenvalue weighted by Crippen LogP contribution is 2.20. The number of ether oxygens (including phenoxy) is 2. The predicted octanol–water partition coefficient (Wildman–Crippen LogP) is 9.89. The summed E-state index contributed by atoms with van der Waals surface area (Å²) in [6.45, 7) is 6.33. The average molecular weight is 815 g/mol. The fraction of sp³-hybridized carbons (Fsp3) is 0.417. The fourth-order valence-electron chi connectivity index (χ4n) is 5.46. The number of amides is 3. The number of hydrogen-bond acceptors (Lipinski definition) is 6. The first-order valence-electron chi connectivity index (χ1n) is 20.4. The van der Waals surface area contributed by atoms with Crippen LogP contribution in [0.5, 0.6) is 5.75 Å². The van der Waals surface area contributed by atoms with Gasteiger partial charge in [0.1, 0.15) is 11.8 Å². The Morgan fingerprint density at radius 2 is 1.26 bits per heavy atom. The molecule has 0 aliphatic rings. The van der Waals surface area contributed by atoms with E-state index < -0.39 is 23.5 Å². The van der Waals surface area contributed by atoms with E-state index in [1.165, 1.54) is 7.11 Å². The quantitative estimate of drug-likeness (QED) is 0.0447. The van der Waals surface area contributed by atoms with E-state index in [1.807, 2.05) is 18.2 Å². The Bertz CT molecular complexity index is 1690. The van der Waals surface area contributed by atoms with E-state index in [-0.39, 0.29) is 11.8 Å². The lowest BCUT2D eigenvalue weighted by atomic mass is 10.1. The van der Waals surface area contributed by atoms with E-state index in [2.05, 4.69) is 89.7 Å². The van der Waals surface area contributed by atoms with Gasteiger partial charge in [-0.05, 0) is 126 Å². The highest BCUT2D eigenvalue weighted by atomic mass is 35.5. The molecule has 1 atom stereocenters. The molecule has 0 bridgehead atoms. The average Bonchev–Trinajstić information content (AvgIpc) is 3.21. The van der Waals surface area contributed by atoms with Crippen molar-refractivity contribution in [3.8, 4) is 5.75 Å². The van der Waals surface area contributed by atoms with Gasteiger partial charge < -0.3 is 25.4 Å². The van der Waals surface area contributed by atoms with E-state index in [1.54, 1.807) is 50.2 Å². The molecule has 3 amide bonds. The molecule has 10 heteroatoms. The van der Waals surface area contributed by atoms with Crippen LogP contribution in [-0.4, -0.2) is 55.5 Å². The van der Waals surface area contributed by atoms with Gasteiger partial charge in [-0.1, -0.05) is 104 Å². The summed E-state index contributed by atoms with van der Waals surface area (Å²) in [6, 6.07) is 13.1. The smallest absolute Gasteiger partial charge is 0.328 e. The minimum Gasteiger partial charge on any atom is -0.478 e. The van der Waals surface area contributed by atoms with E-state index in [9.17, 15) is 19.2 Å². The zero-order valence-electron chi connectivity index (χ0n) is 34.9. The molecule has 0 heterocycles. The molecule has 0 fully saturated rings. The molecule has 314 valence electrons. The molecule has 58 heavy (non-hydrogen) atoms. The number of nitrogens with one attached hydrogen (secondary N) is 3. The monoisotopic (exact) mass is 813 g/mol. The van der Waals surface area contributed by atoms with Crippen LogP contribution in [0, 0.1) is 0 Å². The van der Waals surface area contributed by atoms with E-state index in [0.717, 1.165) is 44.1 Å². The molecular weight excluding hydrogens is 750 g/mol. The van der Waals surface area contributed by atoms with Crippen molar-refractivity contribution >= 4 is 35.3 Å². The van der Waals surface area contributed by atoms with Crippen molar-refractivity contribution in [1.82, 2.24) is 16.0 Å². The summed E-state index contributed by atoms with van der Waals surface area (Å²) in [5, 5.41) is 9.16. The van der Waals surface area contributed by atoms with Gasteiger partial charge in [0, 0.05) is 30.1 Å². The number of carbonyl (C=O) groups excluding carboxylic acids is 4. The summed E-state index contributed by atoms with van der Waals surface area (Å²) in [5.74, 6) is -0.716. The summed E-state index contributed by atoms with van der Waals surface area (Å²) in [7, 11) is 1.28. The van der Waals surface area contributed by atoms with Gasteiger partial charge in [-0.2, -0.15) is 0 Å². The third-order valence-corrected chi connectivity index (χ3v) is 9.07. The van der Waals surface area contributed by atoms with Crippen LogP contribution in [0.2, 0.25) is 5.02 Å². The molecule has 0 aliphatic heterocycles. The van der Waals surface area contributed by atoms with Gasteiger partial charge in [0.25, 0.3) is 11.8 Å². The molecule has 0 aromatic heterocycles. The molecule has 9 nitrogen and oxygen atoms in total. The molecule has 0 spiro atoms. The van der Waals surface area contributed by atoms with Crippen LogP contribution in [0.3, 0.4) is 0 Å². The van der Waals surface area contributed by atoms with Crippen molar-refractivity contribution in [2.45, 2.75) is 109 Å². The highest BCUT2D eigenvalue weighted by Gasteiger charge is 2.33. The van der Waals surface area contributed by atoms with Crippen molar-refractivity contribution in [3.05, 3.63) is 138 Å². The van der Waals surface area contributed by atoms with E-state index in [4.69, 9.17) is 21.1 Å². The minimum atomic E-state index is -1.28. The van der Waals surface area contributed by atoms with Crippen LogP contribution in [0.4, 0.5) is 0 Å². The molecule has 2 aromatic rings. The number of methoxy groups -OCH3 is 1. The number of benzene rings is 2. The number of allylic oxidation sites excluding steroid dienone is 12. The van der Waals surface area contributed by atoms with Gasteiger partial charge in [-0.3, -0.25) is 14.4 Å². The first kappa shape index (κ1) is 49.0. The molecule has 0 saturated carbocycles. The number of rotatable bonds is 28. The molecule has 0 saturated heterocycles. The van der Waals surface area contributed by atoms with E-state index in [0.29, 0.717) is 68.0 Å². The maximum Gasteiger partial charge on any atom is 0.328 e. The first-order chi connectivity index (χ1) is 28.1. The Hall–Kier alpha value is -5.15. The van der Waals surface area contributed by atoms with Gasteiger partial charge in [0.15, 0.2) is 5.60 Å². The summed E-state index contributed by atoms with van der Waals surface area (Å²) < 4.78 is 11.0. The summed E-state index contributed by atoms with van der Waals surface area (Å²) >= 11 is 5.89. The van der Waals surface area contributed by atoms with Crippen molar-refractivity contribution in [3.63, 3.8) is 0 Å². The molecule has 1 unspecified atom stereocenters. The van der Waals surface area contributed by atoms with Crippen LogP contribution in [-0.2, 0) is 25.5 Å². The van der Waals surface area contributed by atoms with Gasteiger partial charge in [-0.15, -0.1) is 0 Å². The number of esters is 1. The fourth-order valence-corrected chi connectivity index (χ4v) is 5.58. The zero-order chi connectivity index (χ0) is 42.3. The molecular formula is C48H64ClN3O6. The SMILES string of the molecule is CC/C=C\C/C=C\C/C=C\C/C=C\C/C=C\C/C=C\CCC(=O)NCCCCC(NC(=O)C(C)(C)Oc1ccc(CCNC(=O)c2ccc(Cl)cc2)cc1)C(=O)OC. The van der Waals surface area contributed by atoms with Gasteiger partial charge in [-0.25, -0.2) is 4.79 Å². The summed E-state index contributed by atoms with van der Waals surface area (Å²) in [5.41, 5.74) is 0.242. The third-order valence-electron chi connectivity index (χ3n) is 8.82. The maximum absolute atomic E-state index is 13.2.